The van der Waals surface area contributed by atoms with Gasteiger partial charge >= 0.3 is 6.09 Å². The van der Waals surface area contributed by atoms with Crippen LogP contribution in [0.1, 0.15) is 57.1 Å². The number of ether oxygens (including phenoxy) is 1. The topological polar surface area (TPSA) is 145 Å². The number of aliphatic hydroxyl groups is 2. The lowest BCUT2D eigenvalue weighted by molar-refractivity contribution is -0.124. The van der Waals surface area contributed by atoms with Crippen molar-refractivity contribution in [1.82, 2.24) is 14.9 Å². The van der Waals surface area contributed by atoms with E-state index in [4.69, 9.17) is 16.3 Å². The van der Waals surface area contributed by atoms with Gasteiger partial charge in [0.2, 0.25) is 15.9 Å². The number of nitrogens with one attached hydrogen (secondary N) is 2. The average Bonchev–Trinajstić information content (AvgIpc) is 3.82. The van der Waals surface area contributed by atoms with Crippen molar-refractivity contribution in [3.8, 4) is 0 Å². The summed E-state index contributed by atoms with van der Waals surface area (Å²) in [5.41, 5.74) is 1.32. The summed E-state index contributed by atoms with van der Waals surface area (Å²) in [5.74, 6) is -0.0655. The maximum Gasteiger partial charge on any atom is 0.407 e. The van der Waals surface area contributed by atoms with Gasteiger partial charge in [0.1, 0.15) is 6.04 Å². The number of sulfonamides is 1. The number of hydrogen-bond donors (Lipinski definition) is 4. The van der Waals surface area contributed by atoms with Crippen molar-refractivity contribution >= 4 is 33.6 Å². The quantitative estimate of drug-likeness (QED) is 0.223. The molecule has 1 saturated carbocycles. The van der Waals surface area contributed by atoms with Crippen LogP contribution >= 0.6 is 11.6 Å². The molecule has 232 valence electrons. The van der Waals surface area contributed by atoms with Crippen molar-refractivity contribution in [3.05, 3.63) is 64.7 Å². The van der Waals surface area contributed by atoms with Crippen LogP contribution in [0.15, 0.2) is 53.4 Å². The molecule has 0 aliphatic heterocycles. The number of aliphatic hydroxyl groups excluding tert-OH is 2. The summed E-state index contributed by atoms with van der Waals surface area (Å²) in [5, 5.41) is 25.7. The molecule has 0 unspecified atom stereocenters. The SMILES string of the molecule is COC(=O)N[C@@H](Cc1ccccc1Cl)C(=O)N[C@H](CCC[C@@H](CO)N(C(C)C)S(=O)(=O)c1ccc(CO)cc1)C1CC1. The molecule has 4 N–H and O–H groups in total. The molecule has 42 heavy (non-hydrogen) atoms. The number of carbonyl (C=O) groups excluding carboxylic acids is 2. The molecule has 2 amide bonds. The van der Waals surface area contributed by atoms with Crippen molar-refractivity contribution < 1.29 is 33.0 Å². The van der Waals surface area contributed by atoms with Gasteiger partial charge in [-0.25, -0.2) is 13.2 Å². The highest BCUT2D eigenvalue weighted by atomic mass is 35.5. The third-order valence-electron chi connectivity index (χ3n) is 7.51. The second-order valence-electron chi connectivity index (χ2n) is 10.9. The summed E-state index contributed by atoms with van der Waals surface area (Å²) in [7, 11) is -2.68. The fraction of sp³-hybridized carbons (Fsp3) is 0.533. The van der Waals surface area contributed by atoms with Gasteiger partial charge in [-0.05, 0) is 81.2 Å². The molecule has 0 saturated heterocycles. The second-order valence-corrected chi connectivity index (χ2v) is 13.2. The predicted octanol–water partition coefficient (Wildman–Crippen LogP) is 3.62. The van der Waals surface area contributed by atoms with Crippen molar-refractivity contribution in [3.63, 3.8) is 0 Å². The number of nitrogens with zero attached hydrogens (tertiary/aromatic N) is 1. The fourth-order valence-corrected chi connectivity index (χ4v) is 7.21. The lowest BCUT2D eigenvalue weighted by Gasteiger charge is -2.33. The number of halogens is 1. The molecule has 3 rings (SSSR count). The highest BCUT2D eigenvalue weighted by Gasteiger charge is 2.36. The molecule has 10 nitrogen and oxygen atoms in total. The fourth-order valence-electron chi connectivity index (χ4n) is 5.16. The zero-order chi connectivity index (χ0) is 30.9. The van der Waals surface area contributed by atoms with Crippen LogP contribution in [0.5, 0.6) is 0 Å². The molecule has 0 bridgehead atoms. The van der Waals surface area contributed by atoms with Crippen LogP contribution in [0.4, 0.5) is 4.79 Å². The molecule has 0 aromatic heterocycles. The largest absolute Gasteiger partial charge is 0.453 e. The number of carbonyl (C=O) groups is 2. The molecule has 1 aliphatic carbocycles. The number of benzene rings is 2. The van der Waals surface area contributed by atoms with E-state index in [-0.39, 0.29) is 42.4 Å². The molecule has 2 aromatic carbocycles. The molecular formula is C30H42ClN3O7S. The van der Waals surface area contributed by atoms with Crippen LogP contribution in [-0.2, 0) is 32.6 Å². The van der Waals surface area contributed by atoms with E-state index in [2.05, 4.69) is 10.6 Å². The highest BCUT2D eigenvalue weighted by Crippen LogP contribution is 2.35. The summed E-state index contributed by atoms with van der Waals surface area (Å²) in [6.45, 7) is 2.99. The Kier molecular flexibility index (Phi) is 12.6. The number of hydrogen-bond acceptors (Lipinski definition) is 7. The van der Waals surface area contributed by atoms with Crippen molar-refractivity contribution in [1.29, 1.82) is 0 Å². The van der Waals surface area contributed by atoms with E-state index in [9.17, 15) is 28.2 Å². The Morgan fingerprint density at radius 2 is 1.71 bits per heavy atom. The minimum absolute atomic E-state index is 0.0950. The van der Waals surface area contributed by atoms with Gasteiger partial charge in [0.15, 0.2) is 0 Å². The first kappa shape index (κ1) is 33.8. The minimum atomic E-state index is -3.91. The van der Waals surface area contributed by atoms with Crippen LogP contribution in [0.2, 0.25) is 5.02 Å². The normalized spacial score (nSPS) is 15.7. The van der Waals surface area contributed by atoms with Crippen LogP contribution in [0.3, 0.4) is 0 Å². The first-order valence-electron chi connectivity index (χ1n) is 14.2. The summed E-state index contributed by atoms with van der Waals surface area (Å²) >= 11 is 6.30. The average molecular weight is 624 g/mol. The van der Waals surface area contributed by atoms with Crippen LogP contribution in [0.25, 0.3) is 0 Å². The maximum absolute atomic E-state index is 13.5. The number of alkyl carbamates (subject to hydrolysis) is 1. The number of rotatable bonds is 16. The predicted molar refractivity (Wildman–Crippen MR) is 160 cm³/mol. The van der Waals surface area contributed by atoms with Crippen molar-refractivity contribution in [2.75, 3.05) is 13.7 Å². The summed E-state index contributed by atoms with van der Waals surface area (Å²) in [6.07, 6.45) is 2.93. The third-order valence-corrected chi connectivity index (χ3v) is 10.0. The van der Waals surface area contributed by atoms with E-state index in [1.807, 2.05) is 6.07 Å². The van der Waals surface area contributed by atoms with E-state index in [1.165, 1.54) is 23.5 Å². The monoisotopic (exact) mass is 623 g/mol. The van der Waals surface area contributed by atoms with Gasteiger partial charge in [-0.1, -0.05) is 41.9 Å². The van der Waals surface area contributed by atoms with Gasteiger partial charge in [0.25, 0.3) is 0 Å². The van der Waals surface area contributed by atoms with Gasteiger partial charge < -0.3 is 25.6 Å². The van der Waals surface area contributed by atoms with E-state index in [0.717, 1.165) is 12.8 Å². The summed E-state index contributed by atoms with van der Waals surface area (Å²) < 4.78 is 33.1. The molecule has 3 atom stereocenters. The Labute approximate surface area is 253 Å². The second kappa shape index (κ2) is 15.7. The Morgan fingerprint density at radius 1 is 1.05 bits per heavy atom. The first-order valence-corrected chi connectivity index (χ1v) is 16.1. The van der Waals surface area contributed by atoms with E-state index in [1.54, 1.807) is 44.2 Å². The third kappa shape index (κ3) is 9.15. The van der Waals surface area contributed by atoms with Gasteiger partial charge in [-0.15, -0.1) is 0 Å². The van der Waals surface area contributed by atoms with Crippen LogP contribution in [-0.4, -0.2) is 72.8 Å². The summed E-state index contributed by atoms with van der Waals surface area (Å²) in [6, 6.07) is 11.0. The smallest absolute Gasteiger partial charge is 0.407 e. The van der Waals surface area contributed by atoms with Crippen molar-refractivity contribution in [2.24, 2.45) is 5.92 Å². The number of methoxy groups -OCH3 is 1. The Hall–Kier alpha value is -2.70. The van der Waals surface area contributed by atoms with Gasteiger partial charge in [0, 0.05) is 29.6 Å². The van der Waals surface area contributed by atoms with E-state index >= 15 is 0 Å². The lowest BCUT2D eigenvalue weighted by atomic mass is 10.0. The minimum Gasteiger partial charge on any atom is -0.453 e. The molecule has 0 radical (unpaired) electrons. The maximum atomic E-state index is 13.5. The van der Waals surface area contributed by atoms with Crippen LogP contribution in [0, 0.1) is 5.92 Å². The molecule has 1 aliphatic rings. The van der Waals surface area contributed by atoms with E-state index < -0.39 is 34.2 Å². The Balaban J connectivity index is 1.68. The van der Waals surface area contributed by atoms with Gasteiger partial charge in [-0.3, -0.25) is 4.79 Å². The van der Waals surface area contributed by atoms with E-state index in [0.29, 0.717) is 35.4 Å². The summed E-state index contributed by atoms with van der Waals surface area (Å²) in [4.78, 5) is 25.5. The lowest BCUT2D eigenvalue weighted by Crippen LogP contribution is -2.51. The molecular weight excluding hydrogens is 582 g/mol. The van der Waals surface area contributed by atoms with Crippen molar-refractivity contribution in [2.45, 2.75) is 88.0 Å². The van der Waals surface area contributed by atoms with Gasteiger partial charge in [-0.2, -0.15) is 4.31 Å². The molecule has 0 spiro atoms. The van der Waals surface area contributed by atoms with Crippen LogP contribution < -0.4 is 10.6 Å². The first-order chi connectivity index (χ1) is 20.0. The molecule has 1 fully saturated rings. The number of amides is 2. The molecule has 0 heterocycles. The Morgan fingerprint density at radius 3 is 2.26 bits per heavy atom. The zero-order valence-corrected chi connectivity index (χ0v) is 25.9. The molecule has 12 heteroatoms. The Bertz CT molecular complexity index is 1290. The zero-order valence-electron chi connectivity index (χ0n) is 24.3. The van der Waals surface area contributed by atoms with Gasteiger partial charge in [0.05, 0.1) is 25.2 Å². The molecule has 2 aromatic rings. The standard InChI is InChI=1S/C30H42ClN3O7S/c1-20(2)34(42(39,40)25-15-11-21(18-35)12-16-25)24(19-36)8-6-10-27(22-13-14-22)32-29(37)28(33-30(38)41-3)17-23-7-4-5-9-26(23)31/h4-5,7,9,11-12,15-16,20,22,24,27-28,35-36H,6,8,10,13-14,17-19H2,1-3H3,(H,32,37)(H,33,38)/t24-,27+,28-/m0/s1. The highest BCUT2D eigenvalue weighted by molar-refractivity contribution is 7.89.